The van der Waals surface area contributed by atoms with E-state index in [4.69, 9.17) is 0 Å². The number of rotatable bonds is 3. The largest absolute Gasteiger partial charge is 0.343 e. The second-order valence-electron chi connectivity index (χ2n) is 5.61. The SMILES string of the molecule is CCCCN1CCC[C@@H]2CN(C(C)=O)CC[C@@H]21. The monoisotopic (exact) mass is 238 g/mol. The molecule has 3 heteroatoms. The molecule has 0 aromatic carbocycles. The normalized spacial score (nSPS) is 30.1. The molecule has 2 saturated heterocycles. The molecule has 2 fully saturated rings. The molecule has 0 aromatic rings. The van der Waals surface area contributed by atoms with Crippen molar-refractivity contribution in [3.8, 4) is 0 Å². The maximum absolute atomic E-state index is 11.4. The number of carbonyl (C=O) groups excluding carboxylic acids is 1. The van der Waals surface area contributed by atoms with Crippen LogP contribution in [0.2, 0.25) is 0 Å². The van der Waals surface area contributed by atoms with Gasteiger partial charge in [0, 0.05) is 26.1 Å². The molecule has 0 aliphatic carbocycles. The molecule has 2 rings (SSSR count). The summed E-state index contributed by atoms with van der Waals surface area (Å²) < 4.78 is 0. The molecule has 98 valence electrons. The Morgan fingerprint density at radius 3 is 2.82 bits per heavy atom. The van der Waals surface area contributed by atoms with Crippen molar-refractivity contribution in [2.24, 2.45) is 5.92 Å². The van der Waals surface area contributed by atoms with Gasteiger partial charge < -0.3 is 4.90 Å². The molecule has 0 saturated carbocycles. The number of carbonyl (C=O) groups is 1. The van der Waals surface area contributed by atoms with Gasteiger partial charge in [-0.1, -0.05) is 13.3 Å². The topological polar surface area (TPSA) is 23.6 Å². The molecule has 2 aliphatic rings. The van der Waals surface area contributed by atoms with E-state index in [0.717, 1.165) is 25.0 Å². The van der Waals surface area contributed by atoms with E-state index in [1.165, 1.54) is 45.2 Å². The summed E-state index contributed by atoms with van der Waals surface area (Å²) >= 11 is 0. The number of hydrogen-bond acceptors (Lipinski definition) is 2. The first-order chi connectivity index (χ1) is 8.22. The molecule has 17 heavy (non-hydrogen) atoms. The summed E-state index contributed by atoms with van der Waals surface area (Å²) in [7, 11) is 0. The lowest BCUT2D eigenvalue weighted by Gasteiger charge is -2.47. The number of amides is 1. The Morgan fingerprint density at radius 2 is 2.12 bits per heavy atom. The fraction of sp³-hybridized carbons (Fsp3) is 0.929. The van der Waals surface area contributed by atoms with E-state index in [1.54, 1.807) is 6.92 Å². The summed E-state index contributed by atoms with van der Waals surface area (Å²) in [6, 6.07) is 0.755. The molecule has 0 unspecified atom stereocenters. The fourth-order valence-electron chi connectivity index (χ4n) is 3.43. The van der Waals surface area contributed by atoms with Crippen molar-refractivity contribution in [3.05, 3.63) is 0 Å². The third-order valence-electron chi connectivity index (χ3n) is 4.43. The molecule has 1 amide bonds. The number of likely N-dealkylation sites (tertiary alicyclic amines) is 2. The van der Waals surface area contributed by atoms with Crippen molar-refractivity contribution in [2.45, 2.75) is 52.0 Å². The molecule has 2 aliphatic heterocycles. The van der Waals surface area contributed by atoms with Gasteiger partial charge in [0.2, 0.25) is 5.91 Å². The first-order valence-corrected chi connectivity index (χ1v) is 7.22. The lowest BCUT2D eigenvalue weighted by molar-refractivity contribution is -0.132. The summed E-state index contributed by atoms with van der Waals surface area (Å²) in [5.41, 5.74) is 0. The van der Waals surface area contributed by atoms with Gasteiger partial charge in [0.25, 0.3) is 0 Å². The summed E-state index contributed by atoms with van der Waals surface area (Å²) in [5, 5.41) is 0. The van der Waals surface area contributed by atoms with Crippen molar-refractivity contribution in [3.63, 3.8) is 0 Å². The molecule has 0 radical (unpaired) electrons. The molecule has 0 bridgehead atoms. The van der Waals surface area contributed by atoms with Crippen LogP contribution in [-0.2, 0) is 4.79 Å². The van der Waals surface area contributed by atoms with Crippen LogP contribution in [0.5, 0.6) is 0 Å². The van der Waals surface area contributed by atoms with Crippen LogP contribution in [0.25, 0.3) is 0 Å². The summed E-state index contributed by atoms with van der Waals surface area (Å²) in [4.78, 5) is 16.2. The lowest BCUT2D eigenvalue weighted by atomic mass is 9.83. The van der Waals surface area contributed by atoms with Gasteiger partial charge >= 0.3 is 0 Å². The predicted octanol–water partition coefficient (Wildman–Crippen LogP) is 2.12. The van der Waals surface area contributed by atoms with E-state index in [0.29, 0.717) is 0 Å². The Balaban J connectivity index is 1.92. The number of unbranched alkanes of at least 4 members (excludes halogenated alkanes) is 1. The van der Waals surface area contributed by atoms with Gasteiger partial charge in [-0.2, -0.15) is 0 Å². The summed E-state index contributed by atoms with van der Waals surface area (Å²) in [6.45, 7) is 8.48. The second kappa shape index (κ2) is 5.85. The summed E-state index contributed by atoms with van der Waals surface area (Å²) in [5.74, 6) is 0.993. The highest BCUT2D eigenvalue weighted by molar-refractivity contribution is 5.73. The van der Waals surface area contributed by atoms with E-state index in [2.05, 4.69) is 11.8 Å². The molecule has 3 nitrogen and oxygen atoms in total. The van der Waals surface area contributed by atoms with Crippen molar-refractivity contribution in [1.29, 1.82) is 0 Å². The van der Waals surface area contributed by atoms with E-state index >= 15 is 0 Å². The standard InChI is InChI=1S/C14H26N2O/c1-3-4-8-15-9-5-6-13-11-16(12(2)17)10-7-14(13)15/h13-14H,3-11H2,1-2H3/t13-,14+/m1/s1. The maximum atomic E-state index is 11.4. The molecule has 2 atom stereocenters. The Labute approximate surface area is 105 Å². The quantitative estimate of drug-likeness (QED) is 0.752. The van der Waals surface area contributed by atoms with E-state index < -0.39 is 0 Å². The lowest BCUT2D eigenvalue weighted by Crippen LogP contribution is -2.54. The molecule has 2 heterocycles. The molecular formula is C14H26N2O. The van der Waals surface area contributed by atoms with Crippen LogP contribution >= 0.6 is 0 Å². The number of piperidine rings is 2. The van der Waals surface area contributed by atoms with Crippen LogP contribution in [0.4, 0.5) is 0 Å². The van der Waals surface area contributed by atoms with Crippen LogP contribution in [-0.4, -0.2) is 47.9 Å². The molecule has 0 N–H and O–H groups in total. The van der Waals surface area contributed by atoms with Gasteiger partial charge in [0.1, 0.15) is 0 Å². The van der Waals surface area contributed by atoms with Crippen molar-refractivity contribution in [1.82, 2.24) is 9.80 Å². The Hall–Kier alpha value is -0.570. The highest BCUT2D eigenvalue weighted by atomic mass is 16.2. The predicted molar refractivity (Wildman–Crippen MR) is 69.9 cm³/mol. The molecule has 0 spiro atoms. The van der Waals surface area contributed by atoms with Crippen molar-refractivity contribution in [2.75, 3.05) is 26.2 Å². The van der Waals surface area contributed by atoms with E-state index in [-0.39, 0.29) is 5.91 Å². The van der Waals surface area contributed by atoms with Crippen LogP contribution in [0.15, 0.2) is 0 Å². The number of fused-ring (bicyclic) bond motifs is 1. The molecule has 0 aromatic heterocycles. The Kier molecular flexibility index (Phi) is 4.43. The molecular weight excluding hydrogens is 212 g/mol. The van der Waals surface area contributed by atoms with Crippen LogP contribution < -0.4 is 0 Å². The van der Waals surface area contributed by atoms with E-state index in [9.17, 15) is 4.79 Å². The van der Waals surface area contributed by atoms with Crippen molar-refractivity contribution >= 4 is 5.91 Å². The third kappa shape index (κ3) is 3.01. The smallest absolute Gasteiger partial charge is 0.219 e. The second-order valence-corrected chi connectivity index (χ2v) is 5.61. The van der Waals surface area contributed by atoms with Gasteiger partial charge in [-0.15, -0.1) is 0 Å². The minimum absolute atomic E-state index is 0.258. The zero-order valence-electron chi connectivity index (χ0n) is 11.3. The Morgan fingerprint density at radius 1 is 1.29 bits per heavy atom. The van der Waals surface area contributed by atoms with Crippen LogP contribution in [0.3, 0.4) is 0 Å². The summed E-state index contributed by atoms with van der Waals surface area (Å²) in [6.07, 6.45) is 6.43. The average molecular weight is 238 g/mol. The maximum Gasteiger partial charge on any atom is 0.219 e. The fourth-order valence-corrected chi connectivity index (χ4v) is 3.43. The number of hydrogen-bond donors (Lipinski definition) is 0. The first-order valence-electron chi connectivity index (χ1n) is 7.22. The van der Waals surface area contributed by atoms with Crippen LogP contribution in [0, 0.1) is 5.92 Å². The van der Waals surface area contributed by atoms with Gasteiger partial charge in [-0.05, 0) is 44.7 Å². The number of nitrogens with zero attached hydrogens (tertiary/aromatic N) is 2. The first kappa shape index (κ1) is 12.9. The zero-order valence-corrected chi connectivity index (χ0v) is 11.3. The van der Waals surface area contributed by atoms with Gasteiger partial charge in [0.05, 0.1) is 0 Å². The van der Waals surface area contributed by atoms with E-state index in [1.807, 2.05) is 4.90 Å². The van der Waals surface area contributed by atoms with Crippen LogP contribution in [0.1, 0.15) is 46.0 Å². The average Bonchev–Trinajstić information content (AvgIpc) is 2.35. The minimum atomic E-state index is 0.258. The minimum Gasteiger partial charge on any atom is -0.343 e. The van der Waals surface area contributed by atoms with Gasteiger partial charge in [0.15, 0.2) is 0 Å². The van der Waals surface area contributed by atoms with Crippen molar-refractivity contribution < 1.29 is 4.79 Å². The highest BCUT2D eigenvalue weighted by Crippen LogP contribution is 2.30. The third-order valence-corrected chi connectivity index (χ3v) is 4.43. The zero-order chi connectivity index (χ0) is 12.3. The highest BCUT2D eigenvalue weighted by Gasteiger charge is 2.35. The van der Waals surface area contributed by atoms with Gasteiger partial charge in [-0.3, -0.25) is 9.69 Å². The Bertz CT molecular complexity index is 267. The van der Waals surface area contributed by atoms with Gasteiger partial charge in [-0.25, -0.2) is 0 Å².